The van der Waals surface area contributed by atoms with E-state index in [1.54, 1.807) is 0 Å². The Balaban J connectivity index is 2.08. The summed E-state index contributed by atoms with van der Waals surface area (Å²) in [6, 6.07) is 13.2. The summed E-state index contributed by atoms with van der Waals surface area (Å²) in [5.74, 6) is 1.91. The van der Waals surface area contributed by atoms with Crippen molar-refractivity contribution in [3.05, 3.63) is 72.8 Å². The van der Waals surface area contributed by atoms with Crippen LogP contribution in [-0.4, -0.2) is 76.5 Å². The van der Waals surface area contributed by atoms with Crippen molar-refractivity contribution in [1.82, 2.24) is 0 Å². The summed E-state index contributed by atoms with van der Waals surface area (Å²) in [4.78, 5) is 0. The molecule has 44 heavy (non-hydrogen) atoms. The zero-order valence-corrected chi connectivity index (χ0v) is 29.5. The minimum atomic E-state index is 0.721. The Hall–Kier alpha value is -2.56. The van der Waals surface area contributed by atoms with E-state index in [2.05, 4.69) is 91.6 Å². The van der Waals surface area contributed by atoms with Gasteiger partial charge in [-0.3, -0.25) is 0 Å². The quantitative estimate of drug-likeness (QED) is 0.0636. The highest BCUT2D eigenvalue weighted by Crippen LogP contribution is 2.35. The van der Waals surface area contributed by atoms with Crippen molar-refractivity contribution >= 4 is 0 Å². The highest BCUT2D eigenvalue weighted by molar-refractivity contribution is 5.73. The predicted octanol–water partition coefficient (Wildman–Crippen LogP) is 9.66. The van der Waals surface area contributed by atoms with E-state index in [0.29, 0.717) is 0 Å². The molecule has 0 heterocycles. The molecule has 0 unspecified atom stereocenters. The first-order valence-corrected chi connectivity index (χ1v) is 17.5. The van der Waals surface area contributed by atoms with E-state index in [-0.39, 0.29) is 0 Å². The van der Waals surface area contributed by atoms with E-state index in [4.69, 9.17) is 9.47 Å². The third-order valence-corrected chi connectivity index (χ3v) is 8.72. The predicted molar refractivity (Wildman–Crippen MR) is 192 cm³/mol. The van der Waals surface area contributed by atoms with Gasteiger partial charge in [-0.1, -0.05) is 63.8 Å². The molecule has 0 spiro atoms. The number of ether oxygens (including phenoxy) is 2. The molecule has 2 aromatic rings. The molecule has 0 radical (unpaired) electrons. The fourth-order valence-electron chi connectivity index (χ4n) is 5.93. The first-order valence-electron chi connectivity index (χ1n) is 17.5. The van der Waals surface area contributed by atoms with Crippen molar-refractivity contribution < 1.29 is 18.4 Å². The molecule has 0 aliphatic rings. The van der Waals surface area contributed by atoms with Gasteiger partial charge in [0.2, 0.25) is 0 Å². The summed E-state index contributed by atoms with van der Waals surface area (Å²) < 4.78 is 14.9. The Morgan fingerprint density at radius 3 is 1.66 bits per heavy atom. The molecule has 4 heteroatoms. The van der Waals surface area contributed by atoms with E-state index < -0.39 is 0 Å². The normalized spacial score (nSPS) is 11.9. The SMILES string of the molecule is C=CCc1ccc(OCCC[N+](C)(C)CCCCCC)c(-c2ccc(OCCC[N+](C)(C)CCCCCC)c(CC=C)c2)c1. The fraction of sp³-hybridized carbons (Fsp3) is 0.600. The van der Waals surface area contributed by atoms with Crippen LogP contribution in [0.3, 0.4) is 0 Å². The van der Waals surface area contributed by atoms with Crippen LogP contribution >= 0.6 is 0 Å². The molecule has 0 aliphatic heterocycles. The molecule has 0 saturated heterocycles. The Morgan fingerprint density at radius 2 is 1.11 bits per heavy atom. The maximum atomic E-state index is 6.46. The second-order valence-electron chi connectivity index (χ2n) is 13.9. The third-order valence-electron chi connectivity index (χ3n) is 8.72. The lowest BCUT2D eigenvalue weighted by atomic mass is 9.97. The molecule has 0 aliphatic carbocycles. The summed E-state index contributed by atoms with van der Waals surface area (Å²) in [6.07, 6.45) is 18.2. The van der Waals surface area contributed by atoms with Crippen molar-refractivity contribution in [2.45, 2.75) is 90.9 Å². The molecule has 0 bridgehead atoms. The smallest absolute Gasteiger partial charge is 0.127 e. The standard InChI is InChI=1S/C40H66N2O2/c1-9-13-15-17-27-41(5,6)29-19-31-43-39-26-24-36(34-37(39)22-12-4)38-33-35(21-11-3)23-25-40(38)44-32-20-30-42(7,8)28-18-16-14-10-2/h11-12,23-26,33-34H,3-4,9-10,13-22,27-32H2,1-2,5-8H3/q+2. The van der Waals surface area contributed by atoms with Gasteiger partial charge < -0.3 is 18.4 Å². The van der Waals surface area contributed by atoms with Crippen LogP contribution in [0.5, 0.6) is 11.5 Å². The monoisotopic (exact) mass is 607 g/mol. The summed E-state index contributed by atoms with van der Waals surface area (Å²) in [5.41, 5.74) is 4.71. The summed E-state index contributed by atoms with van der Waals surface area (Å²) in [6.45, 7) is 18.7. The minimum Gasteiger partial charge on any atom is -0.493 e. The van der Waals surface area contributed by atoms with Crippen LogP contribution in [0.1, 0.15) is 89.2 Å². The molecule has 0 amide bonds. The van der Waals surface area contributed by atoms with Gasteiger partial charge in [0.15, 0.2) is 0 Å². The van der Waals surface area contributed by atoms with Crippen LogP contribution < -0.4 is 9.47 Å². The Labute approximate surface area is 271 Å². The van der Waals surface area contributed by atoms with Crippen LogP contribution in [0.2, 0.25) is 0 Å². The van der Waals surface area contributed by atoms with Crippen LogP contribution in [0.15, 0.2) is 61.7 Å². The zero-order valence-electron chi connectivity index (χ0n) is 29.5. The highest BCUT2D eigenvalue weighted by Gasteiger charge is 2.17. The fourth-order valence-corrected chi connectivity index (χ4v) is 5.93. The molecular weight excluding hydrogens is 540 g/mol. The van der Waals surface area contributed by atoms with Gasteiger partial charge in [0.05, 0.1) is 67.6 Å². The molecular formula is C40H66N2O2+2. The van der Waals surface area contributed by atoms with Crippen LogP contribution in [0, 0.1) is 0 Å². The van der Waals surface area contributed by atoms with Crippen molar-refractivity contribution in [3.8, 4) is 22.6 Å². The number of nitrogens with zero attached hydrogens (tertiary/aromatic N) is 2. The average molecular weight is 607 g/mol. The number of rotatable bonds is 25. The topological polar surface area (TPSA) is 18.5 Å². The van der Waals surface area contributed by atoms with E-state index in [1.807, 2.05) is 12.2 Å². The van der Waals surface area contributed by atoms with Crippen molar-refractivity contribution in [1.29, 1.82) is 0 Å². The zero-order chi connectivity index (χ0) is 32.3. The summed E-state index contributed by atoms with van der Waals surface area (Å²) in [7, 11) is 9.39. The Morgan fingerprint density at radius 1 is 0.591 bits per heavy atom. The number of quaternary nitrogens is 2. The van der Waals surface area contributed by atoms with Crippen molar-refractivity contribution in [3.63, 3.8) is 0 Å². The average Bonchev–Trinajstić information content (AvgIpc) is 2.99. The lowest BCUT2D eigenvalue weighted by Crippen LogP contribution is -2.41. The first-order chi connectivity index (χ1) is 21.1. The number of unbranched alkanes of at least 4 members (excludes halogenated alkanes) is 6. The molecule has 246 valence electrons. The molecule has 0 fully saturated rings. The number of benzene rings is 2. The van der Waals surface area contributed by atoms with Crippen molar-refractivity contribution in [2.24, 2.45) is 0 Å². The second-order valence-corrected chi connectivity index (χ2v) is 13.9. The lowest BCUT2D eigenvalue weighted by Gasteiger charge is -2.30. The third kappa shape index (κ3) is 14.5. The van der Waals surface area contributed by atoms with Gasteiger partial charge >= 0.3 is 0 Å². The van der Waals surface area contributed by atoms with Crippen molar-refractivity contribution in [2.75, 3.05) is 67.6 Å². The van der Waals surface area contributed by atoms with Gasteiger partial charge in [0, 0.05) is 18.4 Å². The summed E-state index contributed by atoms with van der Waals surface area (Å²) in [5, 5.41) is 0. The molecule has 4 nitrogen and oxygen atoms in total. The maximum absolute atomic E-state index is 6.46. The Bertz CT molecular complexity index is 1100. The van der Waals surface area contributed by atoms with Crippen LogP contribution in [0.25, 0.3) is 11.1 Å². The molecule has 0 N–H and O–H groups in total. The second kappa shape index (κ2) is 20.5. The number of hydrogen-bond donors (Lipinski definition) is 0. The summed E-state index contributed by atoms with van der Waals surface area (Å²) >= 11 is 0. The van der Waals surface area contributed by atoms with Crippen LogP contribution in [-0.2, 0) is 12.8 Å². The van der Waals surface area contributed by atoms with Gasteiger partial charge in [0.25, 0.3) is 0 Å². The van der Waals surface area contributed by atoms with E-state index in [9.17, 15) is 0 Å². The van der Waals surface area contributed by atoms with Gasteiger partial charge in [-0.2, -0.15) is 0 Å². The highest BCUT2D eigenvalue weighted by atomic mass is 16.5. The molecule has 2 rings (SSSR count). The largest absolute Gasteiger partial charge is 0.493 e. The maximum Gasteiger partial charge on any atom is 0.127 e. The van der Waals surface area contributed by atoms with Gasteiger partial charge in [-0.15, -0.1) is 13.2 Å². The number of allylic oxidation sites excluding steroid dienone is 2. The molecule has 0 aromatic heterocycles. The minimum absolute atomic E-state index is 0.721. The van der Waals surface area contributed by atoms with Gasteiger partial charge in [-0.05, 0) is 79.5 Å². The molecule has 2 aromatic carbocycles. The first kappa shape index (κ1) is 37.6. The molecule has 0 saturated carbocycles. The van der Waals surface area contributed by atoms with E-state index >= 15 is 0 Å². The van der Waals surface area contributed by atoms with E-state index in [0.717, 1.165) is 83.6 Å². The number of hydrogen-bond acceptors (Lipinski definition) is 2. The van der Waals surface area contributed by atoms with Gasteiger partial charge in [0.1, 0.15) is 11.5 Å². The lowest BCUT2D eigenvalue weighted by molar-refractivity contribution is -0.890. The molecule has 0 atom stereocenters. The Kier molecular flexibility index (Phi) is 17.5. The van der Waals surface area contributed by atoms with Crippen LogP contribution in [0.4, 0.5) is 0 Å². The van der Waals surface area contributed by atoms with Gasteiger partial charge in [-0.25, -0.2) is 0 Å². The van der Waals surface area contributed by atoms with E-state index in [1.165, 1.54) is 75.6 Å².